The fourth-order valence-corrected chi connectivity index (χ4v) is 3.26. The van der Waals surface area contributed by atoms with E-state index in [-0.39, 0.29) is 16.8 Å². The van der Waals surface area contributed by atoms with Gasteiger partial charge in [0.25, 0.3) is 5.91 Å². The molecule has 0 unspecified atom stereocenters. The number of benzene rings is 2. The van der Waals surface area contributed by atoms with E-state index in [9.17, 15) is 27.6 Å². The lowest BCUT2D eigenvalue weighted by atomic mass is 10.1. The molecule has 0 fully saturated rings. The Hall–Kier alpha value is -4.03. The van der Waals surface area contributed by atoms with Gasteiger partial charge in [-0.15, -0.1) is 0 Å². The Labute approximate surface area is 195 Å². The van der Waals surface area contributed by atoms with E-state index in [1.165, 1.54) is 24.3 Å². The second kappa shape index (κ2) is 12.3. The summed E-state index contributed by atoms with van der Waals surface area (Å²) in [4.78, 5) is 47.5. The number of sulfonamides is 1. The van der Waals surface area contributed by atoms with Crippen molar-refractivity contribution in [3.8, 4) is 0 Å². The van der Waals surface area contributed by atoms with Gasteiger partial charge in [-0.1, -0.05) is 30.3 Å². The Bertz CT molecular complexity index is 1160. The zero-order valence-electron chi connectivity index (χ0n) is 18.3. The topological polar surface area (TPSA) is 154 Å². The van der Waals surface area contributed by atoms with Gasteiger partial charge in [0.1, 0.15) is 6.54 Å². The van der Waals surface area contributed by atoms with Crippen LogP contribution in [0.2, 0.25) is 0 Å². The molecule has 12 heteroatoms. The van der Waals surface area contributed by atoms with Crippen molar-refractivity contribution in [2.24, 2.45) is 0 Å². The van der Waals surface area contributed by atoms with Gasteiger partial charge in [-0.25, -0.2) is 22.7 Å². The number of rotatable bonds is 10. The molecular weight excluding hydrogens is 468 g/mol. The normalized spacial score (nSPS) is 11.0. The maximum absolute atomic E-state index is 12.1. The highest BCUT2D eigenvalue weighted by atomic mass is 32.2. The molecule has 2 N–H and O–H groups in total. The van der Waals surface area contributed by atoms with Gasteiger partial charge in [-0.3, -0.25) is 9.59 Å². The second-order valence-electron chi connectivity index (χ2n) is 6.57. The van der Waals surface area contributed by atoms with Crippen molar-refractivity contribution >= 4 is 45.6 Å². The predicted octanol–water partition coefficient (Wildman–Crippen LogP) is 1.33. The van der Waals surface area contributed by atoms with Crippen LogP contribution in [0.1, 0.15) is 26.3 Å². The zero-order chi connectivity index (χ0) is 25.1. The first-order valence-corrected chi connectivity index (χ1v) is 11.2. The molecule has 0 radical (unpaired) electrons. The van der Waals surface area contributed by atoms with Crippen molar-refractivity contribution in [2.75, 3.05) is 32.7 Å². The standard InChI is InChI=1S/C22H22N2O9S/c1-31-21(27)16-10-17(22(28)32-2)12-18(11-16)24-19(25)14-33-20(26)13-23-34(29,30)9-8-15-6-4-3-5-7-15/h3-12,23H,13-14H2,1-2H3,(H,24,25). The minimum Gasteiger partial charge on any atom is -0.465 e. The molecule has 180 valence electrons. The lowest BCUT2D eigenvalue weighted by molar-refractivity contribution is -0.146. The summed E-state index contributed by atoms with van der Waals surface area (Å²) in [6.07, 6.45) is 1.35. The van der Waals surface area contributed by atoms with Crippen LogP contribution in [-0.2, 0) is 33.8 Å². The summed E-state index contributed by atoms with van der Waals surface area (Å²) in [5.74, 6) is -3.29. The molecule has 11 nitrogen and oxygen atoms in total. The third-order valence-corrected chi connectivity index (χ3v) is 5.12. The van der Waals surface area contributed by atoms with E-state index < -0.39 is 47.0 Å². The van der Waals surface area contributed by atoms with E-state index >= 15 is 0 Å². The molecule has 2 aromatic rings. The van der Waals surface area contributed by atoms with Gasteiger partial charge < -0.3 is 19.5 Å². The molecule has 0 bridgehead atoms. The Kier molecular flexibility index (Phi) is 9.47. The number of esters is 3. The van der Waals surface area contributed by atoms with Gasteiger partial charge in [0.15, 0.2) is 6.61 Å². The molecule has 0 aromatic heterocycles. The number of anilines is 1. The van der Waals surface area contributed by atoms with Gasteiger partial charge in [-0.05, 0) is 29.8 Å². The van der Waals surface area contributed by atoms with Crippen molar-refractivity contribution in [3.05, 3.63) is 70.6 Å². The van der Waals surface area contributed by atoms with Crippen molar-refractivity contribution in [1.82, 2.24) is 4.72 Å². The number of nitrogens with one attached hydrogen (secondary N) is 2. The number of hydrogen-bond donors (Lipinski definition) is 2. The number of ether oxygens (including phenoxy) is 3. The molecule has 2 aromatic carbocycles. The Morgan fingerprint density at radius 3 is 2.06 bits per heavy atom. The van der Waals surface area contributed by atoms with E-state index in [4.69, 9.17) is 4.74 Å². The largest absolute Gasteiger partial charge is 0.465 e. The molecule has 0 heterocycles. The van der Waals surface area contributed by atoms with Crippen LogP contribution in [0.5, 0.6) is 0 Å². The number of methoxy groups -OCH3 is 2. The van der Waals surface area contributed by atoms with Gasteiger partial charge in [-0.2, -0.15) is 0 Å². The van der Waals surface area contributed by atoms with Crippen LogP contribution in [0.15, 0.2) is 53.9 Å². The highest BCUT2D eigenvalue weighted by molar-refractivity contribution is 7.92. The van der Waals surface area contributed by atoms with Crippen LogP contribution in [0.3, 0.4) is 0 Å². The number of carbonyl (C=O) groups is 4. The molecule has 0 aliphatic carbocycles. The summed E-state index contributed by atoms with van der Waals surface area (Å²) in [7, 11) is -1.61. The Morgan fingerprint density at radius 2 is 1.50 bits per heavy atom. The summed E-state index contributed by atoms with van der Waals surface area (Å²) in [6, 6.07) is 12.4. The van der Waals surface area contributed by atoms with E-state index in [0.717, 1.165) is 19.6 Å². The highest BCUT2D eigenvalue weighted by Gasteiger charge is 2.16. The maximum atomic E-state index is 12.1. The molecule has 34 heavy (non-hydrogen) atoms. The van der Waals surface area contributed by atoms with E-state index in [2.05, 4.69) is 14.8 Å². The molecule has 1 amide bonds. The first-order valence-electron chi connectivity index (χ1n) is 9.63. The molecule has 0 aliphatic heterocycles. The first kappa shape index (κ1) is 26.2. The number of amides is 1. The van der Waals surface area contributed by atoms with Crippen LogP contribution in [0, 0.1) is 0 Å². The lowest BCUT2D eigenvalue weighted by Crippen LogP contribution is -2.31. The molecule has 0 spiro atoms. The average molecular weight is 490 g/mol. The summed E-state index contributed by atoms with van der Waals surface area (Å²) in [5, 5.41) is 3.26. The van der Waals surface area contributed by atoms with Gasteiger partial charge >= 0.3 is 17.9 Å². The van der Waals surface area contributed by atoms with Crippen LogP contribution in [-0.4, -0.2) is 59.6 Å². The van der Waals surface area contributed by atoms with Crippen molar-refractivity contribution in [1.29, 1.82) is 0 Å². The van der Waals surface area contributed by atoms with Gasteiger partial charge in [0.2, 0.25) is 10.0 Å². The zero-order valence-corrected chi connectivity index (χ0v) is 19.1. The average Bonchev–Trinajstić information content (AvgIpc) is 2.84. The third-order valence-electron chi connectivity index (χ3n) is 4.08. The molecule has 0 atom stereocenters. The first-order chi connectivity index (χ1) is 16.1. The molecule has 2 rings (SSSR count). The van der Waals surface area contributed by atoms with Crippen LogP contribution in [0.4, 0.5) is 5.69 Å². The number of carbonyl (C=O) groups excluding carboxylic acids is 4. The third kappa shape index (κ3) is 8.48. The minimum absolute atomic E-state index is 0.0179. The summed E-state index contributed by atoms with van der Waals surface area (Å²) >= 11 is 0. The summed E-state index contributed by atoms with van der Waals surface area (Å²) in [6.45, 7) is -1.44. The monoisotopic (exact) mass is 490 g/mol. The highest BCUT2D eigenvalue weighted by Crippen LogP contribution is 2.17. The SMILES string of the molecule is COC(=O)c1cc(NC(=O)COC(=O)CNS(=O)(=O)C=Cc2ccccc2)cc(C(=O)OC)c1. The molecule has 0 saturated heterocycles. The van der Waals surface area contributed by atoms with Crippen molar-refractivity contribution < 1.29 is 41.8 Å². The molecule has 0 saturated carbocycles. The van der Waals surface area contributed by atoms with Gasteiger partial charge in [0.05, 0.1) is 25.3 Å². The predicted molar refractivity (Wildman–Crippen MR) is 121 cm³/mol. The second-order valence-corrected chi connectivity index (χ2v) is 8.22. The fraction of sp³-hybridized carbons (Fsp3) is 0.182. The summed E-state index contributed by atoms with van der Waals surface area (Å²) < 4.78 is 39.9. The van der Waals surface area contributed by atoms with Crippen molar-refractivity contribution in [3.63, 3.8) is 0 Å². The fourth-order valence-electron chi connectivity index (χ4n) is 2.51. The van der Waals surface area contributed by atoms with Crippen LogP contribution < -0.4 is 10.0 Å². The quantitative estimate of drug-likeness (QED) is 0.371. The van der Waals surface area contributed by atoms with E-state index in [1.807, 2.05) is 4.72 Å². The van der Waals surface area contributed by atoms with E-state index in [0.29, 0.717) is 5.56 Å². The molecular formula is C22H22N2O9S. The molecule has 0 aliphatic rings. The minimum atomic E-state index is -3.91. The maximum Gasteiger partial charge on any atom is 0.337 e. The van der Waals surface area contributed by atoms with Crippen LogP contribution in [0.25, 0.3) is 6.08 Å². The smallest absolute Gasteiger partial charge is 0.337 e. The Balaban J connectivity index is 1.91. The van der Waals surface area contributed by atoms with Crippen LogP contribution >= 0.6 is 0 Å². The number of hydrogen-bond acceptors (Lipinski definition) is 9. The summed E-state index contributed by atoms with van der Waals surface area (Å²) in [5.41, 5.74) is 0.668. The van der Waals surface area contributed by atoms with Gasteiger partial charge in [0, 0.05) is 11.1 Å². The van der Waals surface area contributed by atoms with Crippen molar-refractivity contribution in [2.45, 2.75) is 0 Å². The Morgan fingerprint density at radius 1 is 0.912 bits per heavy atom. The lowest BCUT2D eigenvalue weighted by Gasteiger charge is -2.10. The van der Waals surface area contributed by atoms with E-state index in [1.54, 1.807) is 30.3 Å².